The molecule has 1 aromatic carbocycles. The van der Waals surface area contributed by atoms with E-state index in [1.54, 1.807) is 25.1 Å². The summed E-state index contributed by atoms with van der Waals surface area (Å²) in [5, 5.41) is 22.8. The van der Waals surface area contributed by atoms with E-state index in [2.05, 4.69) is 10.3 Å². The van der Waals surface area contributed by atoms with Gasteiger partial charge in [-0.05, 0) is 55.2 Å². The molecular formula is C22H24F3N3O3. The molecule has 2 fully saturated rings. The SMILES string of the molecule is Cc1cc(NC(O)N2C[C@H]3C[C@@H](c4ccccc4C(F)(F)F)C[C@H]3C2)c(C(=O)O)cn1. The quantitative estimate of drug-likeness (QED) is 0.618. The minimum Gasteiger partial charge on any atom is -0.478 e. The van der Waals surface area contributed by atoms with Crippen LogP contribution < -0.4 is 5.32 Å². The molecule has 31 heavy (non-hydrogen) atoms. The lowest BCUT2D eigenvalue weighted by Gasteiger charge is -2.27. The van der Waals surface area contributed by atoms with Crippen molar-refractivity contribution in [1.82, 2.24) is 9.88 Å². The molecule has 1 aliphatic carbocycles. The first-order valence-corrected chi connectivity index (χ1v) is 10.2. The Labute approximate surface area is 177 Å². The highest BCUT2D eigenvalue weighted by molar-refractivity contribution is 5.93. The van der Waals surface area contributed by atoms with E-state index in [0.29, 0.717) is 37.2 Å². The monoisotopic (exact) mass is 435 g/mol. The number of aromatic carboxylic acids is 1. The minimum absolute atomic E-state index is 0.0344. The Morgan fingerprint density at radius 3 is 2.48 bits per heavy atom. The lowest BCUT2D eigenvalue weighted by atomic mass is 9.91. The molecule has 2 heterocycles. The first-order chi connectivity index (χ1) is 14.6. The van der Waals surface area contributed by atoms with Crippen LogP contribution >= 0.6 is 0 Å². The van der Waals surface area contributed by atoms with E-state index < -0.39 is 24.1 Å². The number of aryl methyl sites for hydroxylation is 1. The maximum Gasteiger partial charge on any atom is 0.416 e. The van der Waals surface area contributed by atoms with Gasteiger partial charge in [-0.3, -0.25) is 9.88 Å². The van der Waals surface area contributed by atoms with E-state index in [9.17, 15) is 28.2 Å². The van der Waals surface area contributed by atoms with Crippen molar-refractivity contribution in [3.63, 3.8) is 0 Å². The minimum atomic E-state index is -4.37. The molecule has 4 atom stereocenters. The van der Waals surface area contributed by atoms with Crippen molar-refractivity contribution in [2.75, 3.05) is 18.4 Å². The summed E-state index contributed by atoms with van der Waals surface area (Å²) < 4.78 is 40.2. The summed E-state index contributed by atoms with van der Waals surface area (Å²) in [6.07, 6.45) is -2.95. The number of halogens is 3. The number of nitrogens with one attached hydrogen (secondary N) is 1. The van der Waals surface area contributed by atoms with Crippen LogP contribution in [0.1, 0.15) is 45.9 Å². The second kappa shape index (κ2) is 8.12. The van der Waals surface area contributed by atoms with Gasteiger partial charge in [0.2, 0.25) is 0 Å². The van der Waals surface area contributed by atoms with Gasteiger partial charge in [-0.25, -0.2) is 4.79 Å². The molecule has 1 saturated carbocycles. The van der Waals surface area contributed by atoms with Gasteiger partial charge in [0.05, 0.1) is 11.3 Å². The number of aliphatic hydroxyl groups excluding tert-OH is 1. The number of hydrogen-bond donors (Lipinski definition) is 3. The lowest BCUT2D eigenvalue weighted by molar-refractivity contribution is -0.138. The highest BCUT2D eigenvalue weighted by atomic mass is 19.4. The third kappa shape index (κ3) is 4.38. The van der Waals surface area contributed by atoms with Crippen molar-refractivity contribution in [3.05, 3.63) is 58.9 Å². The molecule has 0 amide bonds. The Bertz CT molecular complexity index is 968. The van der Waals surface area contributed by atoms with E-state index in [-0.39, 0.29) is 29.0 Å². The topological polar surface area (TPSA) is 85.7 Å². The van der Waals surface area contributed by atoms with Crippen LogP contribution in [-0.4, -0.2) is 45.5 Å². The number of aromatic nitrogens is 1. The number of fused-ring (bicyclic) bond motifs is 1. The largest absolute Gasteiger partial charge is 0.478 e. The average Bonchev–Trinajstić information content (AvgIpc) is 3.26. The van der Waals surface area contributed by atoms with Crippen LogP contribution in [0.25, 0.3) is 0 Å². The van der Waals surface area contributed by atoms with Gasteiger partial charge < -0.3 is 15.5 Å². The number of carboxylic acid groups (broad SMARTS) is 1. The summed E-state index contributed by atoms with van der Waals surface area (Å²) in [4.78, 5) is 17.2. The second-order valence-corrected chi connectivity index (χ2v) is 8.42. The number of pyridine rings is 1. The fourth-order valence-electron chi connectivity index (χ4n) is 4.98. The zero-order chi connectivity index (χ0) is 22.3. The number of benzene rings is 1. The lowest BCUT2D eigenvalue weighted by Crippen LogP contribution is -2.40. The summed E-state index contributed by atoms with van der Waals surface area (Å²) in [7, 11) is 0. The molecule has 0 bridgehead atoms. The molecule has 166 valence electrons. The van der Waals surface area contributed by atoms with Crippen molar-refractivity contribution in [2.45, 2.75) is 38.2 Å². The molecule has 0 radical (unpaired) electrons. The summed E-state index contributed by atoms with van der Waals surface area (Å²) in [5.74, 6) is -0.935. The number of hydrogen-bond acceptors (Lipinski definition) is 5. The summed E-state index contributed by atoms with van der Waals surface area (Å²) in [5.41, 5.74) is 0.652. The zero-order valence-corrected chi connectivity index (χ0v) is 16.9. The Hall–Kier alpha value is -2.65. The summed E-state index contributed by atoms with van der Waals surface area (Å²) in [6, 6.07) is 7.34. The van der Waals surface area contributed by atoms with Crippen LogP contribution in [-0.2, 0) is 6.18 Å². The smallest absolute Gasteiger partial charge is 0.416 e. The molecule has 6 nitrogen and oxygen atoms in total. The van der Waals surface area contributed by atoms with Gasteiger partial charge >= 0.3 is 12.1 Å². The van der Waals surface area contributed by atoms with Crippen molar-refractivity contribution in [1.29, 1.82) is 0 Å². The molecular weight excluding hydrogens is 411 g/mol. The molecule has 2 aliphatic rings. The molecule has 4 rings (SSSR count). The van der Waals surface area contributed by atoms with E-state index in [4.69, 9.17) is 0 Å². The number of carbonyl (C=O) groups is 1. The van der Waals surface area contributed by atoms with Crippen LogP contribution in [0.4, 0.5) is 18.9 Å². The van der Waals surface area contributed by atoms with Crippen molar-refractivity contribution in [2.24, 2.45) is 11.8 Å². The standard InChI is InChI=1S/C22H24F3N3O3/c1-12-6-19(17(9-26-12)20(29)30)27-21(31)28-10-14-7-13(8-15(14)11-28)16-4-2-3-5-18(16)22(23,24)25/h2-6,9,13-15,21,31H,7-8,10-11H2,1H3,(H,26,27)(H,29,30)/t13-,14-,15+,21?. The number of carboxylic acids is 1. The van der Waals surface area contributed by atoms with Gasteiger partial charge in [0.1, 0.15) is 5.56 Å². The molecule has 3 N–H and O–H groups in total. The van der Waals surface area contributed by atoms with Gasteiger partial charge in [0.15, 0.2) is 6.35 Å². The van der Waals surface area contributed by atoms with E-state index in [1.165, 1.54) is 12.3 Å². The number of alkyl halides is 3. The van der Waals surface area contributed by atoms with Crippen LogP contribution in [0.15, 0.2) is 36.5 Å². The number of aliphatic hydroxyl groups is 1. The second-order valence-electron chi connectivity index (χ2n) is 8.42. The molecule has 2 aromatic rings. The fourth-order valence-corrected chi connectivity index (χ4v) is 4.98. The summed E-state index contributed by atoms with van der Waals surface area (Å²) in [6.45, 7) is 2.80. The maximum absolute atomic E-state index is 13.4. The van der Waals surface area contributed by atoms with Gasteiger partial charge in [-0.15, -0.1) is 0 Å². The molecule has 9 heteroatoms. The van der Waals surface area contributed by atoms with Crippen molar-refractivity contribution < 1.29 is 28.2 Å². The van der Waals surface area contributed by atoms with Crippen molar-refractivity contribution >= 4 is 11.7 Å². The third-order valence-electron chi connectivity index (χ3n) is 6.39. The molecule has 0 spiro atoms. The van der Waals surface area contributed by atoms with Crippen LogP contribution in [0, 0.1) is 18.8 Å². The Kier molecular flexibility index (Phi) is 5.65. The Balaban J connectivity index is 1.43. The summed E-state index contributed by atoms with van der Waals surface area (Å²) >= 11 is 0. The zero-order valence-electron chi connectivity index (χ0n) is 16.9. The first-order valence-electron chi connectivity index (χ1n) is 10.2. The molecule has 1 aromatic heterocycles. The number of likely N-dealkylation sites (tertiary alicyclic amines) is 1. The highest BCUT2D eigenvalue weighted by Crippen LogP contribution is 2.49. The van der Waals surface area contributed by atoms with Crippen LogP contribution in [0.5, 0.6) is 0 Å². The van der Waals surface area contributed by atoms with Crippen molar-refractivity contribution in [3.8, 4) is 0 Å². The third-order valence-corrected chi connectivity index (χ3v) is 6.39. The van der Waals surface area contributed by atoms with Gasteiger partial charge in [0.25, 0.3) is 0 Å². The maximum atomic E-state index is 13.4. The normalized spacial score (nSPS) is 24.7. The number of nitrogens with zero attached hydrogens (tertiary/aromatic N) is 2. The predicted molar refractivity (Wildman–Crippen MR) is 108 cm³/mol. The number of anilines is 1. The van der Waals surface area contributed by atoms with Crippen LogP contribution in [0.2, 0.25) is 0 Å². The molecule has 1 saturated heterocycles. The van der Waals surface area contributed by atoms with E-state index in [0.717, 1.165) is 6.07 Å². The van der Waals surface area contributed by atoms with E-state index in [1.807, 2.05) is 4.90 Å². The highest BCUT2D eigenvalue weighted by Gasteiger charge is 2.45. The van der Waals surface area contributed by atoms with Gasteiger partial charge in [-0.2, -0.15) is 13.2 Å². The Morgan fingerprint density at radius 1 is 1.23 bits per heavy atom. The fraction of sp³-hybridized carbons (Fsp3) is 0.455. The number of rotatable bonds is 5. The Morgan fingerprint density at radius 2 is 1.87 bits per heavy atom. The van der Waals surface area contributed by atoms with E-state index >= 15 is 0 Å². The predicted octanol–water partition coefficient (Wildman–Crippen LogP) is 3.92. The molecule has 1 unspecified atom stereocenters. The average molecular weight is 435 g/mol. The van der Waals surface area contributed by atoms with Gasteiger partial charge in [0, 0.05) is 25.0 Å². The first kappa shape index (κ1) is 21.6. The van der Waals surface area contributed by atoms with Gasteiger partial charge in [-0.1, -0.05) is 18.2 Å². The van der Waals surface area contributed by atoms with Crippen LogP contribution in [0.3, 0.4) is 0 Å². The molecule has 1 aliphatic heterocycles.